The topological polar surface area (TPSA) is 28.7 Å². The van der Waals surface area contributed by atoms with Crippen LogP contribution in [0.3, 0.4) is 0 Å². The van der Waals surface area contributed by atoms with E-state index in [9.17, 15) is 0 Å². The van der Waals surface area contributed by atoms with E-state index in [0.717, 1.165) is 0 Å². The minimum Gasteiger partial charge on any atom is -0.345 e. The quantitative estimate of drug-likeness (QED) is 0.702. The van der Waals surface area contributed by atoms with E-state index in [-0.39, 0.29) is 15.6 Å². The molecule has 2 nitrogen and oxygen atoms in total. The van der Waals surface area contributed by atoms with Crippen LogP contribution in [-0.2, 0) is 3.79 Å². The monoisotopic (exact) mass is 302 g/mol. The normalized spacial score (nSPS) is 12.3. The van der Waals surface area contributed by atoms with Crippen molar-refractivity contribution in [1.82, 2.24) is 9.97 Å². The number of H-pyrrole nitrogens is 1. The second-order valence-electron chi connectivity index (χ2n) is 2.84. The van der Waals surface area contributed by atoms with Crippen molar-refractivity contribution >= 4 is 69.0 Å². The second kappa shape index (κ2) is 3.86. The van der Waals surface area contributed by atoms with Crippen molar-refractivity contribution in [2.75, 3.05) is 0 Å². The average molecular weight is 304 g/mol. The molecule has 0 fully saturated rings. The number of alkyl halides is 3. The highest BCUT2D eigenvalue weighted by Crippen LogP contribution is 2.47. The molecule has 2 aromatic rings. The molecule has 0 spiro atoms. The molecule has 0 aliphatic rings. The molecule has 2 rings (SSSR count). The third kappa shape index (κ3) is 2.02. The molecule has 0 amide bonds. The first-order valence-electron chi connectivity index (χ1n) is 3.79. The van der Waals surface area contributed by atoms with E-state index in [1.807, 2.05) is 0 Å². The Morgan fingerprint density at radius 3 is 2.47 bits per heavy atom. The van der Waals surface area contributed by atoms with Gasteiger partial charge < -0.3 is 4.98 Å². The van der Waals surface area contributed by atoms with Crippen LogP contribution in [0, 0.1) is 0 Å². The summed E-state index contributed by atoms with van der Waals surface area (Å²) in [5.41, 5.74) is 1.47. The van der Waals surface area contributed by atoms with Crippen molar-refractivity contribution in [1.29, 1.82) is 0 Å². The predicted octanol–water partition coefficient (Wildman–Crippen LogP) is 4.70. The summed E-state index contributed by atoms with van der Waals surface area (Å²) in [6.07, 6.45) is 1.50. The zero-order chi connectivity index (χ0) is 11.2. The first kappa shape index (κ1) is 11.6. The van der Waals surface area contributed by atoms with Crippen molar-refractivity contribution < 1.29 is 0 Å². The van der Waals surface area contributed by atoms with Crippen molar-refractivity contribution in [2.45, 2.75) is 3.79 Å². The van der Waals surface area contributed by atoms with Crippen LogP contribution in [0.1, 0.15) is 5.56 Å². The summed E-state index contributed by atoms with van der Waals surface area (Å²) in [4.78, 5) is 6.88. The van der Waals surface area contributed by atoms with E-state index in [4.69, 9.17) is 58.0 Å². The van der Waals surface area contributed by atoms with Gasteiger partial charge in [-0.05, 0) is 6.07 Å². The molecule has 0 aliphatic carbocycles. The van der Waals surface area contributed by atoms with Crippen LogP contribution < -0.4 is 0 Å². The van der Waals surface area contributed by atoms with Gasteiger partial charge in [0.05, 0.1) is 21.9 Å². The number of rotatable bonds is 0. The van der Waals surface area contributed by atoms with Gasteiger partial charge in [-0.25, -0.2) is 4.98 Å². The van der Waals surface area contributed by atoms with Gasteiger partial charge in [0.15, 0.2) is 0 Å². The molecule has 80 valence electrons. The summed E-state index contributed by atoms with van der Waals surface area (Å²) in [6, 6.07) is 1.62. The molecule has 0 atom stereocenters. The minimum atomic E-state index is -1.67. The van der Waals surface area contributed by atoms with Crippen LogP contribution in [0.5, 0.6) is 0 Å². The summed E-state index contributed by atoms with van der Waals surface area (Å²) in [7, 11) is 0. The Hall–Kier alpha value is 0.140. The van der Waals surface area contributed by atoms with Gasteiger partial charge in [-0.15, -0.1) is 0 Å². The van der Waals surface area contributed by atoms with Gasteiger partial charge in [0.1, 0.15) is 5.52 Å². The van der Waals surface area contributed by atoms with Gasteiger partial charge in [-0.2, -0.15) is 0 Å². The number of hydrogen-bond donors (Lipinski definition) is 1. The fraction of sp³-hybridized carbons (Fsp3) is 0.125. The van der Waals surface area contributed by atoms with Gasteiger partial charge in [-0.3, -0.25) is 0 Å². The number of aromatic nitrogens is 2. The molecule has 0 bridgehead atoms. The van der Waals surface area contributed by atoms with Gasteiger partial charge >= 0.3 is 0 Å². The highest BCUT2D eigenvalue weighted by atomic mass is 35.6. The van der Waals surface area contributed by atoms with Crippen LogP contribution in [-0.4, -0.2) is 9.97 Å². The Bertz CT molecular complexity index is 513. The third-order valence-electron chi connectivity index (χ3n) is 1.89. The number of aromatic amines is 1. The van der Waals surface area contributed by atoms with E-state index in [1.54, 1.807) is 6.07 Å². The Labute approximate surface area is 110 Å². The maximum Gasteiger partial charge on any atom is 0.218 e. The molecular weight excluding hydrogens is 301 g/mol. The number of imidazole rings is 1. The van der Waals surface area contributed by atoms with Gasteiger partial charge in [0.25, 0.3) is 0 Å². The summed E-state index contributed by atoms with van der Waals surface area (Å²) in [6.45, 7) is 0. The maximum absolute atomic E-state index is 6.05. The maximum atomic E-state index is 6.05. The summed E-state index contributed by atoms with van der Waals surface area (Å²) < 4.78 is -1.67. The number of benzene rings is 1. The summed E-state index contributed by atoms with van der Waals surface area (Å²) in [5.74, 6) is 0. The third-order valence-corrected chi connectivity index (χ3v) is 3.12. The lowest BCUT2D eigenvalue weighted by Crippen LogP contribution is -2.02. The molecule has 0 radical (unpaired) electrons. The lowest BCUT2D eigenvalue weighted by Gasteiger charge is -2.15. The van der Waals surface area contributed by atoms with Gasteiger partial charge in [0.2, 0.25) is 3.79 Å². The molecule has 0 unspecified atom stereocenters. The summed E-state index contributed by atoms with van der Waals surface area (Å²) >= 11 is 29.3. The van der Waals surface area contributed by atoms with E-state index < -0.39 is 3.79 Å². The zero-order valence-corrected chi connectivity index (χ0v) is 10.8. The van der Waals surface area contributed by atoms with Crippen molar-refractivity contribution in [3.8, 4) is 0 Å². The van der Waals surface area contributed by atoms with Crippen LogP contribution in [0.2, 0.25) is 10.0 Å². The molecule has 0 saturated heterocycles. The van der Waals surface area contributed by atoms with Gasteiger partial charge in [-0.1, -0.05) is 58.0 Å². The zero-order valence-electron chi connectivity index (χ0n) is 6.99. The van der Waals surface area contributed by atoms with Crippen LogP contribution in [0.4, 0.5) is 0 Å². The standard InChI is InChI=1S/C8H3Cl5N2/c9-3-1-4-7(15-2-14-4)6(10)5(3)8(11,12)13/h1-2H,(H,14,15). The lowest BCUT2D eigenvalue weighted by molar-refractivity contribution is 1.25. The lowest BCUT2D eigenvalue weighted by atomic mass is 10.2. The highest BCUT2D eigenvalue weighted by molar-refractivity contribution is 6.68. The molecular formula is C8H3Cl5N2. The molecule has 1 N–H and O–H groups in total. The van der Waals surface area contributed by atoms with Crippen molar-refractivity contribution in [2.24, 2.45) is 0 Å². The smallest absolute Gasteiger partial charge is 0.218 e. The molecule has 15 heavy (non-hydrogen) atoms. The van der Waals surface area contributed by atoms with Crippen LogP contribution in [0.25, 0.3) is 11.0 Å². The first-order chi connectivity index (χ1) is 6.91. The largest absolute Gasteiger partial charge is 0.345 e. The van der Waals surface area contributed by atoms with E-state index in [0.29, 0.717) is 11.0 Å². The number of halogens is 5. The fourth-order valence-corrected chi connectivity index (χ4v) is 2.94. The first-order valence-corrected chi connectivity index (χ1v) is 5.68. The van der Waals surface area contributed by atoms with E-state index >= 15 is 0 Å². The Kier molecular flexibility index (Phi) is 2.99. The molecule has 0 saturated carbocycles. The van der Waals surface area contributed by atoms with E-state index in [2.05, 4.69) is 9.97 Å². The van der Waals surface area contributed by atoms with Crippen molar-refractivity contribution in [3.05, 3.63) is 28.0 Å². The highest BCUT2D eigenvalue weighted by Gasteiger charge is 2.30. The van der Waals surface area contributed by atoms with Crippen LogP contribution in [0.15, 0.2) is 12.4 Å². The van der Waals surface area contributed by atoms with Crippen LogP contribution >= 0.6 is 58.0 Å². The number of nitrogens with one attached hydrogen (secondary N) is 1. The number of nitrogens with zero attached hydrogens (tertiary/aromatic N) is 1. The molecule has 0 aliphatic heterocycles. The van der Waals surface area contributed by atoms with Gasteiger partial charge in [0, 0.05) is 5.56 Å². The predicted molar refractivity (Wildman–Crippen MR) is 65.4 cm³/mol. The summed E-state index contributed by atoms with van der Waals surface area (Å²) in [5, 5.41) is 0.538. The minimum absolute atomic E-state index is 0.246. The Morgan fingerprint density at radius 2 is 1.87 bits per heavy atom. The number of hydrogen-bond acceptors (Lipinski definition) is 1. The Balaban J connectivity index is 2.84. The van der Waals surface area contributed by atoms with E-state index in [1.165, 1.54) is 6.33 Å². The SMILES string of the molecule is Clc1cc2[nH]cnc2c(Cl)c1C(Cl)(Cl)Cl. The van der Waals surface area contributed by atoms with Crippen molar-refractivity contribution in [3.63, 3.8) is 0 Å². The molecule has 7 heteroatoms. The molecule has 1 aromatic heterocycles. The second-order valence-corrected chi connectivity index (χ2v) is 5.91. The average Bonchev–Trinajstić information content (AvgIpc) is 2.48. The Morgan fingerprint density at radius 1 is 1.20 bits per heavy atom. The molecule has 1 heterocycles. The fourth-order valence-electron chi connectivity index (χ4n) is 1.27. The molecule has 1 aromatic carbocycles. The number of fused-ring (bicyclic) bond motifs is 1.